The number of anilines is 1. The van der Waals surface area contributed by atoms with Crippen LogP contribution < -0.4 is 14.8 Å². The number of rotatable bonds is 5. The third-order valence-electron chi connectivity index (χ3n) is 2.96. The molecule has 2 rings (SSSR count). The van der Waals surface area contributed by atoms with Gasteiger partial charge >= 0.3 is 0 Å². The first-order chi connectivity index (χ1) is 10.0. The predicted octanol–water partition coefficient (Wildman–Crippen LogP) is 3.92. The van der Waals surface area contributed by atoms with E-state index in [1.54, 1.807) is 24.3 Å². The molecule has 4 nitrogen and oxygen atoms in total. The van der Waals surface area contributed by atoms with Crippen molar-refractivity contribution >= 4 is 21.6 Å². The zero-order valence-electron chi connectivity index (χ0n) is 11.6. The summed E-state index contributed by atoms with van der Waals surface area (Å²) in [5.74, 6) is 0.602. The molecule has 6 heteroatoms. The maximum Gasteiger partial charge on any atom is 0.172 e. The number of nitrogens with one attached hydrogen (secondary N) is 1. The van der Waals surface area contributed by atoms with E-state index in [1.807, 2.05) is 0 Å². The Kier molecular flexibility index (Phi) is 4.90. The molecular formula is C15H15BrFNO3. The van der Waals surface area contributed by atoms with Crippen molar-refractivity contribution in [1.82, 2.24) is 0 Å². The van der Waals surface area contributed by atoms with Crippen molar-refractivity contribution in [2.75, 3.05) is 19.5 Å². The lowest BCUT2D eigenvalue weighted by Crippen LogP contribution is -2.02. The molecular weight excluding hydrogens is 341 g/mol. The van der Waals surface area contributed by atoms with Crippen LogP contribution in [0.2, 0.25) is 0 Å². The Labute approximate surface area is 130 Å². The molecule has 2 N–H and O–H groups in total. The average Bonchev–Trinajstić information content (AvgIpc) is 2.49. The van der Waals surface area contributed by atoms with Gasteiger partial charge in [0, 0.05) is 12.6 Å². The molecule has 0 unspecified atom stereocenters. The van der Waals surface area contributed by atoms with Gasteiger partial charge in [-0.05, 0) is 45.8 Å². The van der Waals surface area contributed by atoms with Gasteiger partial charge in [0.15, 0.2) is 11.5 Å². The second-order valence-electron chi connectivity index (χ2n) is 4.33. The lowest BCUT2D eigenvalue weighted by atomic mass is 10.2. The number of aromatic hydroxyl groups is 1. The fourth-order valence-corrected chi connectivity index (χ4v) is 2.34. The van der Waals surface area contributed by atoms with Gasteiger partial charge in [-0.1, -0.05) is 0 Å². The van der Waals surface area contributed by atoms with E-state index in [1.165, 1.54) is 20.3 Å². The van der Waals surface area contributed by atoms with Crippen molar-refractivity contribution in [2.45, 2.75) is 6.54 Å². The fourth-order valence-electron chi connectivity index (χ4n) is 1.85. The summed E-state index contributed by atoms with van der Waals surface area (Å²) in [6, 6.07) is 7.91. The Morgan fingerprint density at radius 3 is 2.62 bits per heavy atom. The van der Waals surface area contributed by atoms with E-state index in [2.05, 4.69) is 21.2 Å². The van der Waals surface area contributed by atoms with Crippen molar-refractivity contribution in [3.8, 4) is 17.2 Å². The van der Waals surface area contributed by atoms with Gasteiger partial charge < -0.3 is 19.9 Å². The van der Waals surface area contributed by atoms with E-state index in [0.717, 1.165) is 5.56 Å². The standard InChI is InChI=1S/C15H15BrFNO3/c1-20-10-3-4-12(17)13(7-10)18-8-9-5-11(16)15(19)14(6-9)21-2/h3-7,18-19H,8H2,1-2H3. The second kappa shape index (κ2) is 6.67. The molecule has 21 heavy (non-hydrogen) atoms. The number of ether oxygens (including phenoxy) is 2. The molecule has 0 heterocycles. The second-order valence-corrected chi connectivity index (χ2v) is 5.18. The zero-order chi connectivity index (χ0) is 15.4. The van der Waals surface area contributed by atoms with Crippen LogP contribution in [-0.4, -0.2) is 19.3 Å². The molecule has 2 aromatic rings. The highest BCUT2D eigenvalue weighted by Crippen LogP contribution is 2.35. The van der Waals surface area contributed by atoms with Gasteiger partial charge in [-0.3, -0.25) is 0 Å². The maximum absolute atomic E-state index is 13.7. The summed E-state index contributed by atoms with van der Waals surface area (Å²) in [7, 11) is 3.00. The van der Waals surface area contributed by atoms with E-state index >= 15 is 0 Å². The number of phenolic OH excluding ortho intramolecular Hbond substituents is 1. The van der Waals surface area contributed by atoms with Crippen molar-refractivity contribution in [3.05, 3.63) is 46.2 Å². The van der Waals surface area contributed by atoms with Gasteiger partial charge in [0.05, 0.1) is 24.4 Å². The van der Waals surface area contributed by atoms with Crippen LogP contribution >= 0.6 is 15.9 Å². The van der Waals surface area contributed by atoms with Crippen LogP contribution in [0.15, 0.2) is 34.8 Å². The summed E-state index contributed by atoms with van der Waals surface area (Å²) in [5.41, 5.74) is 1.18. The van der Waals surface area contributed by atoms with Crippen LogP contribution in [-0.2, 0) is 6.54 Å². The molecule has 0 aliphatic rings. The van der Waals surface area contributed by atoms with Crippen molar-refractivity contribution < 1.29 is 19.0 Å². The Morgan fingerprint density at radius 2 is 1.95 bits per heavy atom. The molecule has 0 spiro atoms. The minimum absolute atomic E-state index is 0.0359. The lowest BCUT2D eigenvalue weighted by molar-refractivity contribution is 0.371. The first-order valence-electron chi connectivity index (χ1n) is 6.18. The fraction of sp³-hybridized carbons (Fsp3) is 0.200. The van der Waals surface area contributed by atoms with Crippen LogP contribution in [0.3, 0.4) is 0 Å². The van der Waals surface area contributed by atoms with Gasteiger partial charge in [-0.2, -0.15) is 0 Å². The summed E-state index contributed by atoms with van der Waals surface area (Å²) >= 11 is 3.25. The number of phenols is 1. The molecule has 0 radical (unpaired) electrons. The van der Waals surface area contributed by atoms with E-state index in [4.69, 9.17) is 9.47 Å². The molecule has 0 saturated carbocycles. The topological polar surface area (TPSA) is 50.7 Å². The minimum atomic E-state index is -0.361. The van der Waals surface area contributed by atoms with Crippen LogP contribution in [0, 0.1) is 5.82 Å². The molecule has 0 atom stereocenters. The van der Waals surface area contributed by atoms with Crippen molar-refractivity contribution in [3.63, 3.8) is 0 Å². The van der Waals surface area contributed by atoms with Crippen LogP contribution in [0.4, 0.5) is 10.1 Å². The summed E-state index contributed by atoms with van der Waals surface area (Å²) in [4.78, 5) is 0. The largest absolute Gasteiger partial charge is 0.503 e. The molecule has 0 aliphatic carbocycles. The maximum atomic E-state index is 13.7. The summed E-state index contributed by atoms with van der Waals surface area (Å²) in [5, 5.41) is 12.7. The van der Waals surface area contributed by atoms with Crippen LogP contribution in [0.25, 0.3) is 0 Å². The van der Waals surface area contributed by atoms with E-state index in [9.17, 15) is 9.50 Å². The van der Waals surface area contributed by atoms with E-state index in [0.29, 0.717) is 28.2 Å². The molecule has 0 aromatic heterocycles. The number of benzene rings is 2. The normalized spacial score (nSPS) is 10.3. The summed E-state index contributed by atoms with van der Waals surface area (Å²) in [6.07, 6.45) is 0. The highest BCUT2D eigenvalue weighted by molar-refractivity contribution is 9.10. The van der Waals surface area contributed by atoms with Gasteiger partial charge in [0.2, 0.25) is 0 Å². The average molecular weight is 356 g/mol. The highest BCUT2D eigenvalue weighted by Gasteiger charge is 2.09. The molecule has 0 saturated heterocycles. The third-order valence-corrected chi connectivity index (χ3v) is 3.57. The zero-order valence-corrected chi connectivity index (χ0v) is 13.2. The third kappa shape index (κ3) is 3.58. The molecule has 0 aliphatic heterocycles. The molecule has 0 amide bonds. The van der Waals surface area contributed by atoms with Crippen LogP contribution in [0.5, 0.6) is 17.2 Å². The SMILES string of the molecule is COc1ccc(F)c(NCc2cc(Br)c(O)c(OC)c2)c1. The number of hydrogen-bond acceptors (Lipinski definition) is 4. The van der Waals surface area contributed by atoms with E-state index in [-0.39, 0.29) is 11.6 Å². The van der Waals surface area contributed by atoms with Gasteiger partial charge in [0.1, 0.15) is 11.6 Å². The Bertz CT molecular complexity index is 649. The molecule has 2 aromatic carbocycles. The molecule has 0 bridgehead atoms. The lowest BCUT2D eigenvalue weighted by Gasteiger charge is -2.12. The number of halogens is 2. The quantitative estimate of drug-likeness (QED) is 0.853. The smallest absolute Gasteiger partial charge is 0.172 e. The highest BCUT2D eigenvalue weighted by atomic mass is 79.9. The minimum Gasteiger partial charge on any atom is -0.503 e. The van der Waals surface area contributed by atoms with E-state index < -0.39 is 0 Å². The number of hydrogen-bond donors (Lipinski definition) is 2. The van der Waals surface area contributed by atoms with Gasteiger partial charge in [-0.25, -0.2) is 4.39 Å². The van der Waals surface area contributed by atoms with Crippen molar-refractivity contribution in [1.29, 1.82) is 0 Å². The monoisotopic (exact) mass is 355 g/mol. The van der Waals surface area contributed by atoms with Crippen molar-refractivity contribution in [2.24, 2.45) is 0 Å². The molecule has 0 fully saturated rings. The van der Waals surface area contributed by atoms with Gasteiger partial charge in [-0.15, -0.1) is 0 Å². The van der Waals surface area contributed by atoms with Crippen LogP contribution in [0.1, 0.15) is 5.56 Å². The Hall–Kier alpha value is -1.95. The Morgan fingerprint density at radius 1 is 1.19 bits per heavy atom. The first kappa shape index (κ1) is 15.4. The summed E-state index contributed by atoms with van der Waals surface area (Å²) in [6.45, 7) is 0.374. The number of methoxy groups -OCH3 is 2. The van der Waals surface area contributed by atoms with Gasteiger partial charge in [0.25, 0.3) is 0 Å². The first-order valence-corrected chi connectivity index (χ1v) is 6.97. The Balaban J connectivity index is 2.18. The predicted molar refractivity (Wildman–Crippen MR) is 82.6 cm³/mol. The summed E-state index contributed by atoms with van der Waals surface area (Å²) < 4.78 is 24.4. The molecule has 112 valence electrons.